The molecule has 4 aromatic carbocycles. The number of sulfonamides is 1. The van der Waals surface area contributed by atoms with Crippen molar-refractivity contribution in [2.45, 2.75) is 17.9 Å². The molecule has 5 heteroatoms. The van der Waals surface area contributed by atoms with Crippen LogP contribution >= 0.6 is 0 Å². The molecule has 0 bridgehead atoms. The molecule has 1 N–H and O–H groups in total. The average Bonchev–Trinajstić information content (AvgIpc) is 2.87. The molecule has 3 nitrogen and oxygen atoms in total. The number of hydrogen-bond acceptors (Lipinski definition) is 2. The van der Waals surface area contributed by atoms with Crippen molar-refractivity contribution in [1.29, 1.82) is 0 Å². The zero-order valence-corrected chi connectivity index (χ0v) is 20.0. The third kappa shape index (κ3) is 6.33. The largest absolute Gasteiger partial charge is 0.241 e. The van der Waals surface area contributed by atoms with Crippen LogP contribution in [0.3, 0.4) is 0 Å². The molecule has 0 amide bonds. The zero-order valence-electron chi connectivity index (χ0n) is 19.1. The summed E-state index contributed by atoms with van der Waals surface area (Å²) in [5.41, 5.74) is 3.13. The van der Waals surface area contributed by atoms with Crippen LogP contribution in [0.2, 0.25) is 0 Å². The van der Waals surface area contributed by atoms with Gasteiger partial charge in [0.1, 0.15) is 5.82 Å². The summed E-state index contributed by atoms with van der Waals surface area (Å²) in [6.45, 7) is 1.88. The maximum Gasteiger partial charge on any atom is 0.241 e. The molecule has 4 aromatic rings. The standard InChI is InChI=1S/C30H24FNO2S/c1-23-16-20-27(21-17-23)35(33,34)32-30(28-14-8-9-15-29(28)31)26(22-25-12-6-3-7-13-25)19-18-24-10-4-2-5-11-24/h2-17,20-22,30,32H,1H3/b26-22+/t30-/m1/s1. The van der Waals surface area contributed by atoms with E-state index in [-0.39, 0.29) is 10.5 Å². The fourth-order valence-corrected chi connectivity index (χ4v) is 4.73. The van der Waals surface area contributed by atoms with E-state index in [1.807, 2.05) is 67.6 Å². The van der Waals surface area contributed by atoms with Crippen LogP contribution < -0.4 is 4.72 Å². The molecule has 0 spiro atoms. The highest BCUT2D eigenvalue weighted by atomic mass is 32.2. The van der Waals surface area contributed by atoms with Crippen molar-refractivity contribution < 1.29 is 12.8 Å². The maximum atomic E-state index is 15.0. The number of hydrogen-bond donors (Lipinski definition) is 1. The minimum Gasteiger partial charge on any atom is -0.207 e. The molecule has 0 saturated carbocycles. The van der Waals surface area contributed by atoms with E-state index in [9.17, 15) is 8.42 Å². The maximum absolute atomic E-state index is 15.0. The van der Waals surface area contributed by atoms with Gasteiger partial charge in [0.2, 0.25) is 10.0 Å². The Kier molecular flexibility index (Phi) is 7.57. The highest BCUT2D eigenvalue weighted by Gasteiger charge is 2.26. The van der Waals surface area contributed by atoms with Crippen molar-refractivity contribution in [2.24, 2.45) is 0 Å². The average molecular weight is 482 g/mol. The Morgan fingerprint density at radius 2 is 1.43 bits per heavy atom. The first kappa shape index (κ1) is 24.2. The molecule has 0 radical (unpaired) electrons. The van der Waals surface area contributed by atoms with Gasteiger partial charge in [0.05, 0.1) is 10.9 Å². The lowest BCUT2D eigenvalue weighted by atomic mass is 9.97. The van der Waals surface area contributed by atoms with Crippen molar-refractivity contribution in [3.63, 3.8) is 0 Å². The quantitative estimate of drug-likeness (QED) is 0.329. The number of nitrogens with one attached hydrogen (secondary N) is 1. The molecule has 0 aliphatic carbocycles. The highest BCUT2D eigenvalue weighted by Crippen LogP contribution is 2.28. The minimum atomic E-state index is -3.99. The summed E-state index contributed by atoms with van der Waals surface area (Å²) in [4.78, 5) is 0.0968. The third-order valence-electron chi connectivity index (χ3n) is 5.38. The lowest BCUT2D eigenvalue weighted by molar-refractivity contribution is 0.559. The Bertz CT molecular complexity index is 1480. The van der Waals surface area contributed by atoms with Gasteiger partial charge in [-0.05, 0) is 48.9 Å². The fraction of sp³-hybridized carbons (Fsp3) is 0.0667. The van der Waals surface area contributed by atoms with Gasteiger partial charge < -0.3 is 0 Å². The van der Waals surface area contributed by atoms with Crippen LogP contribution in [0, 0.1) is 24.6 Å². The smallest absolute Gasteiger partial charge is 0.207 e. The van der Waals surface area contributed by atoms with Crippen molar-refractivity contribution in [1.82, 2.24) is 4.72 Å². The van der Waals surface area contributed by atoms with E-state index in [4.69, 9.17) is 0 Å². The zero-order chi connectivity index (χ0) is 24.7. The van der Waals surface area contributed by atoms with Gasteiger partial charge in [0, 0.05) is 16.7 Å². The molecular formula is C30H24FNO2S. The molecule has 0 heterocycles. The first-order valence-electron chi connectivity index (χ1n) is 11.1. The summed E-state index contributed by atoms with van der Waals surface area (Å²) >= 11 is 0. The van der Waals surface area contributed by atoms with Crippen LogP contribution in [0.4, 0.5) is 4.39 Å². The van der Waals surface area contributed by atoms with Gasteiger partial charge in [-0.25, -0.2) is 12.8 Å². The summed E-state index contributed by atoms with van der Waals surface area (Å²) in [5.74, 6) is 5.68. The second-order valence-electron chi connectivity index (χ2n) is 8.02. The van der Waals surface area contributed by atoms with Gasteiger partial charge >= 0.3 is 0 Å². The summed E-state index contributed by atoms with van der Waals surface area (Å²) in [6.07, 6.45) is 1.78. The molecule has 4 rings (SSSR count). The predicted octanol–water partition coefficient (Wildman–Crippen LogP) is 6.29. The Morgan fingerprint density at radius 3 is 2.09 bits per heavy atom. The van der Waals surface area contributed by atoms with E-state index in [0.29, 0.717) is 5.57 Å². The molecule has 0 aromatic heterocycles. The fourth-order valence-electron chi connectivity index (χ4n) is 3.53. The molecular weight excluding hydrogens is 457 g/mol. The summed E-state index contributed by atoms with van der Waals surface area (Å²) in [6, 6.07) is 30.4. The van der Waals surface area contributed by atoms with Crippen LogP contribution in [0.25, 0.3) is 6.08 Å². The first-order valence-corrected chi connectivity index (χ1v) is 12.6. The predicted molar refractivity (Wildman–Crippen MR) is 138 cm³/mol. The molecule has 35 heavy (non-hydrogen) atoms. The second kappa shape index (κ2) is 11.0. The molecule has 0 aliphatic heterocycles. The number of rotatable bonds is 6. The highest BCUT2D eigenvalue weighted by molar-refractivity contribution is 7.89. The van der Waals surface area contributed by atoms with Crippen LogP contribution in [-0.2, 0) is 10.0 Å². The molecule has 0 saturated heterocycles. The monoisotopic (exact) mass is 481 g/mol. The van der Waals surface area contributed by atoms with E-state index in [0.717, 1.165) is 16.7 Å². The molecule has 0 aliphatic rings. The van der Waals surface area contributed by atoms with Crippen molar-refractivity contribution in [3.05, 3.63) is 143 Å². The normalized spacial score (nSPS) is 12.5. The van der Waals surface area contributed by atoms with Gasteiger partial charge in [-0.2, -0.15) is 4.72 Å². The van der Waals surface area contributed by atoms with Crippen molar-refractivity contribution >= 4 is 16.1 Å². The lowest BCUT2D eigenvalue weighted by Crippen LogP contribution is -2.30. The Morgan fingerprint density at radius 1 is 0.829 bits per heavy atom. The van der Waals surface area contributed by atoms with Crippen LogP contribution in [-0.4, -0.2) is 8.42 Å². The summed E-state index contributed by atoms with van der Waals surface area (Å²) < 4.78 is 44.4. The number of benzene rings is 4. The Balaban J connectivity index is 1.86. The first-order chi connectivity index (χ1) is 16.9. The lowest BCUT2D eigenvalue weighted by Gasteiger charge is -2.20. The van der Waals surface area contributed by atoms with Crippen LogP contribution in [0.5, 0.6) is 0 Å². The van der Waals surface area contributed by atoms with Gasteiger partial charge in [-0.1, -0.05) is 96.3 Å². The summed E-state index contributed by atoms with van der Waals surface area (Å²) in [5, 5.41) is 0. The van der Waals surface area contributed by atoms with Gasteiger partial charge in [0.25, 0.3) is 0 Å². The van der Waals surface area contributed by atoms with Crippen molar-refractivity contribution in [2.75, 3.05) is 0 Å². The molecule has 0 unspecified atom stereocenters. The van der Waals surface area contributed by atoms with Gasteiger partial charge in [-0.3, -0.25) is 0 Å². The van der Waals surface area contributed by atoms with Crippen molar-refractivity contribution in [3.8, 4) is 11.8 Å². The molecule has 174 valence electrons. The van der Waals surface area contributed by atoms with Gasteiger partial charge in [-0.15, -0.1) is 0 Å². The van der Waals surface area contributed by atoms with Crippen LogP contribution in [0.15, 0.2) is 120 Å². The van der Waals surface area contributed by atoms with E-state index < -0.39 is 21.9 Å². The topological polar surface area (TPSA) is 46.2 Å². The number of aryl methyl sites for hydroxylation is 1. The van der Waals surface area contributed by atoms with E-state index in [2.05, 4.69) is 16.6 Å². The Labute approximate surface area is 206 Å². The second-order valence-corrected chi connectivity index (χ2v) is 9.73. The third-order valence-corrected chi connectivity index (χ3v) is 6.82. The van der Waals surface area contributed by atoms with Gasteiger partial charge in [0.15, 0.2) is 0 Å². The molecule has 1 atom stereocenters. The van der Waals surface area contributed by atoms with Crippen LogP contribution in [0.1, 0.15) is 28.3 Å². The van der Waals surface area contributed by atoms with E-state index in [1.165, 1.54) is 18.2 Å². The van der Waals surface area contributed by atoms with E-state index in [1.54, 1.807) is 36.4 Å². The number of halogens is 1. The SMILES string of the molecule is Cc1ccc(S(=O)(=O)N[C@H](/C(C#Cc2ccccc2)=C/c2ccccc2)c2ccccc2F)cc1. The van der Waals surface area contributed by atoms with E-state index >= 15 is 4.39 Å². The summed E-state index contributed by atoms with van der Waals surface area (Å²) in [7, 11) is -3.99. The molecule has 0 fully saturated rings. The minimum absolute atomic E-state index is 0.0968. The Hall–Kier alpha value is -3.98.